The van der Waals surface area contributed by atoms with Gasteiger partial charge in [-0.05, 0) is 48.6 Å². The molecule has 0 radical (unpaired) electrons. The molecule has 2 aromatic rings. The van der Waals surface area contributed by atoms with Crippen molar-refractivity contribution in [2.75, 3.05) is 0 Å². The third-order valence-electron chi connectivity index (χ3n) is 3.27. The van der Waals surface area contributed by atoms with Gasteiger partial charge in [-0.2, -0.15) is 0 Å². The molecule has 2 aromatic carbocycles. The second-order valence-corrected chi connectivity index (χ2v) is 5.22. The van der Waals surface area contributed by atoms with Crippen LogP contribution in [-0.4, -0.2) is 5.78 Å². The minimum absolute atomic E-state index is 0.226. The van der Waals surface area contributed by atoms with Gasteiger partial charge in [0, 0.05) is 11.4 Å². The number of carbonyl (C=O) groups is 1. The Labute approximate surface area is 119 Å². The number of benzene rings is 2. The second-order valence-electron chi connectivity index (χ2n) is 4.81. The fourth-order valence-electron chi connectivity index (χ4n) is 2.13. The molecule has 0 bridgehead atoms. The van der Waals surface area contributed by atoms with E-state index >= 15 is 0 Å². The Kier molecular flexibility index (Phi) is 4.39. The summed E-state index contributed by atoms with van der Waals surface area (Å²) >= 11 is 6.16. The maximum Gasteiger partial charge on any atom is 0.130 e. The van der Waals surface area contributed by atoms with Crippen LogP contribution in [0, 0.1) is 6.92 Å². The summed E-state index contributed by atoms with van der Waals surface area (Å²) in [6.07, 6.45) is 1.39. The number of ketones is 1. The largest absolute Gasteiger partial charge is 0.300 e. The maximum absolute atomic E-state index is 11.1. The van der Waals surface area contributed by atoms with Gasteiger partial charge < -0.3 is 4.79 Å². The first-order valence-corrected chi connectivity index (χ1v) is 6.79. The van der Waals surface area contributed by atoms with Crippen molar-refractivity contribution >= 4 is 17.4 Å². The van der Waals surface area contributed by atoms with E-state index in [-0.39, 0.29) is 5.78 Å². The number of halogens is 1. The normalized spacial score (nSPS) is 10.5. The first kappa shape index (κ1) is 13.8. The number of hydrogen-bond acceptors (Lipinski definition) is 1. The molecule has 0 aliphatic heterocycles. The van der Waals surface area contributed by atoms with Crippen molar-refractivity contribution < 1.29 is 4.79 Å². The van der Waals surface area contributed by atoms with E-state index in [1.165, 1.54) is 5.56 Å². The number of aryl methyl sites for hydroxylation is 1. The van der Waals surface area contributed by atoms with E-state index in [0.717, 1.165) is 28.1 Å². The Balaban J connectivity index is 2.32. The SMILES string of the molecule is CC(=O)CCc1cccc(-c2cccc(Cl)c2C)c1. The predicted molar refractivity (Wildman–Crippen MR) is 80.6 cm³/mol. The average molecular weight is 273 g/mol. The van der Waals surface area contributed by atoms with Gasteiger partial charge >= 0.3 is 0 Å². The fraction of sp³-hybridized carbons (Fsp3) is 0.235. The summed E-state index contributed by atoms with van der Waals surface area (Å²) in [7, 11) is 0. The summed E-state index contributed by atoms with van der Waals surface area (Å²) in [5.41, 5.74) is 4.58. The van der Waals surface area contributed by atoms with E-state index < -0.39 is 0 Å². The lowest BCUT2D eigenvalue weighted by Gasteiger charge is -2.09. The van der Waals surface area contributed by atoms with Crippen LogP contribution < -0.4 is 0 Å². The molecule has 0 atom stereocenters. The molecule has 0 N–H and O–H groups in total. The molecule has 0 fully saturated rings. The fourth-order valence-corrected chi connectivity index (χ4v) is 2.31. The second kappa shape index (κ2) is 6.03. The van der Waals surface area contributed by atoms with Gasteiger partial charge in [0.25, 0.3) is 0 Å². The van der Waals surface area contributed by atoms with E-state index in [0.29, 0.717) is 6.42 Å². The Bertz CT molecular complexity index is 602. The molecule has 1 nitrogen and oxygen atoms in total. The van der Waals surface area contributed by atoms with Gasteiger partial charge in [-0.1, -0.05) is 48.0 Å². The standard InChI is InChI=1S/C17H17ClO/c1-12(19)9-10-14-5-3-6-15(11-14)16-7-4-8-17(18)13(16)2/h3-8,11H,9-10H2,1-2H3. The van der Waals surface area contributed by atoms with Crippen LogP contribution in [0.4, 0.5) is 0 Å². The lowest BCUT2D eigenvalue weighted by Crippen LogP contribution is -1.94. The van der Waals surface area contributed by atoms with Gasteiger partial charge in [-0.15, -0.1) is 0 Å². The summed E-state index contributed by atoms with van der Waals surface area (Å²) < 4.78 is 0. The number of rotatable bonds is 4. The highest BCUT2D eigenvalue weighted by Crippen LogP contribution is 2.28. The van der Waals surface area contributed by atoms with E-state index in [2.05, 4.69) is 24.3 Å². The minimum atomic E-state index is 0.226. The van der Waals surface area contributed by atoms with E-state index in [1.807, 2.05) is 25.1 Å². The van der Waals surface area contributed by atoms with Crippen molar-refractivity contribution in [3.63, 3.8) is 0 Å². The molecular formula is C17H17ClO. The maximum atomic E-state index is 11.1. The molecule has 0 spiro atoms. The summed E-state index contributed by atoms with van der Waals surface area (Å²) in [5, 5.41) is 0.784. The Morgan fingerprint density at radius 3 is 2.63 bits per heavy atom. The van der Waals surface area contributed by atoms with Crippen molar-refractivity contribution in [1.82, 2.24) is 0 Å². The molecule has 0 unspecified atom stereocenters. The molecule has 0 aliphatic rings. The highest BCUT2D eigenvalue weighted by molar-refractivity contribution is 6.31. The Morgan fingerprint density at radius 2 is 1.89 bits per heavy atom. The molecule has 0 amide bonds. The molecule has 0 saturated heterocycles. The Morgan fingerprint density at radius 1 is 1.16 bits per heavy atom. The monoisotopic (exact) mass is 272 g/mol. The van der Waals surface area contributed by atoms with Gasteiger partial charge in [-0.25, -0.2) is 0 Å². The molecule has 0 saturated carbocycles. The predicted octanol–water partition coefficient (Wildman–Crippen LogP) is 4.84. The zero-order valence-corrected chi connectivity index (χ0v) is 12.0. The van der Waals surface area contributed by atoms with Crippen molar-refractivity contribution in [3.8, 4) is 11.1 Å². The zero-order valence-electron chi connectivity index (χ0n) is 11.2. The first-order valence-electron chi connectivity index (χ1n) is 6.42. The van der Waals surface area contributed by atoms with Crippen LogP contribution in [0.2, 0.25) is 5.02 Å². The third-order valence-corrected chi connectivity index (χ3v) is 3.68. The van der Waals surface area contributed by atoms with Crippen LogP contribution in [0.25, 0.3) is 11.1 Å². The van der Waals surface area contributed by atoms with Gasteiger partial charge in [0.2, 0.25) is 0 Å². The van der Waals surface area contributed by atoms with E-state index in [1.54, 1.807) is 6.92 Å². The zero-order chi connectivity index (χ0) is 13.8. The van der Waals surface area contributed by atoms with E-state index in [9.17, 15) is 4.79 Å². The summed E-state index contributed by atoms with van der Waals surface area (Å²) in [4.78, 5) is 11.1. The van der Waals surface area contributed by atoms with Crippen molar-refractivity contribution in [2.45, 2.75) is 26.7 Å². The van der Waals surface area contributed by atoms with Gasteiger partial charge in [0.1, 0.15) is 5.78 Å². The lowest BCUT2D eigenvalue weighted by molar-refractivity contribution is -0.116. The van der Waals surface area contributed by atoms with Crippen LogP contribution in [0.15, 0.2) is 42.5 Å². The minimum Gasteiger partial charge on any atom is -0.300 e. The highest BCUT2D eigenvalue weighted by Gasteiger charge is 2.05. The molecular weight excluding hydrogens is 256 g/mol. The molecule has 19 heavy (non-hydrogen) atoms. The molecule has 98 valence electrons. The van der Waals surface area contributed by atoms with Crippen molar-refractivity contribution in [2.24, 2.45) is 0 Å². The molecule has 2 heteroatoms. The molecule has 2 rings (SSSR count). The third kappa shape index (κ3) is 3.45. The number of hydrogen-bond donors (Lipinski definition) is 0. The number of carbonyl (C=O) groups excluding carboxylic acids is 1. The lowest BCUT2D eigenvalue weighted by atomic mass is 9.97. The summed E-state index contributed by atoms with van der Waals surface area (Å²) in [5.74, 6) is 0.226. The van der Waals surface area contributed by atoms with Gasteiger partial charge in [0.15, 0.2) is 0 Å². The van der Waals surface area contributed by atoms with Crippen molar-refractivity contribution in [1.29, 1.82) is 0 Å². The van der Waals surface area contributed by atoms with Crippen LogP contribution in [0.1, 0.15) is 24.5 Å². The average Bonchev–Trinajstić information content (AvgIpc) is 2.40. The number of Topliss-reactive ketones (excluding diaryl/α,β-unsaturated/α-hetero) is 1. The summed E-state index contributed by atoms with van der Waals surface area (Å²) in [6.45, 7) is 3.66. The topological polar surface area (TPSA) is 17.1 Å². The molecule has 0 heterocycles. The van der Waals surface area contributed by atoms with Gasteiger partial charge in [0.05, 0.1) is 0 Å². The van der Waals surface area contributed by atoms with Crippen molar-refractivity contribution in [3.05, 3.63) is 58.6 Å². The van der Waals surface area contributed by atoms with Gasteiger partial charge in [-0.3, -0.25) is 0 Å². The Hall–Kier alpha value is -1.60. The van der Waals surface area contributed by atoms with Crippen LogP contribution in [0.3, 0.4) is 0 Å². The first-order chi connectivity index (χ1) is 9.08. The highest BCUT2D eigenvalue weighted by atomic mass is 35.5. The molecule has 0 aliphatic carbocycles. The quantitative estimate of drug-likeness (QED) is 0.778. The van der Waals surface area contributed by atoms with Crippen LogP contribution >= 0.6 is 11.6 Å². The molecule has 0 aromatic heterocycles. The smallest absolute Gasteiger partial charge is 0.130 e. The van der Waals surface area contributed by atoms with Crippen LogP contribution in [0.5, 0.6) is 0 Å². The van der Waals surface area contributed by atoms with Crippen LogP contribution in [-0.2, 0) is 11.2 Å². The van der Waals surface area contributed by atoms with E-state index in [4.69, 9.17) is 11.6 Å². The summed E-state index contributed by atoms with van der Waals surface area (Å²) in [6, 6.07) is 14.3.